The Bertz CT molecular complexity index is 62.2. The van der Waals surface area contributed by atoms with E-state index in [1.165, 1.54) is 0 Å². The molecule has 0 saturated heterocycles. The number of hydrogen-bond acceptors (Lipinski definition) is 4. The van der Waals surface area contributed by atoms with E-state index in [0.29, 0.717) is 0 Å². The van der Waals surface area contributed by atoms with Crippen LogP contribution in [0.3, 0.4) is 0 Å². The van der Waals surface area contributed by atoms with E-state index in [4.69, 9.17) is 19.2 Å². The summed E-state index contributed by atoms with van der Waals surface area (Å²) >= 11 is 0. The van der Waals surface area contributed by atoms with Crippen LogP contribution in [-0.2, 0) is 26.3 Å². The van der Waals surface area contributed by atoms with Gasteiger partial charge in [-0.1, -0.05) is 0 Å². The third-order valence-electron chi connectivity index (χ3n) is 0. The molecule has 0 aromatic carbocycles. The summed E-state index contributed by atoms with van der Waals surface area (Å²) in [5.41, 5.74) is 0. The van der Waals surface area contributed by atoms with E-state index in [1.54, 1.807) is 0 Å². The summed E-state index contributed by atoms with van der Waals surface area (Å²) in [4.78, 5) is 25.6. The fraction of sp³-hybridized carbons (Fsp3) is 0. The second kappa shape index (κ2) is 9.29. The monoisotopic (exact) mass is 265 g/mol. The molecule has 8 heteroatoms. The van der Waals surface area contributed by atoms with Gasteiger partial charge in [-0.15, -0.1) is 0 Å². The van der Waals surface area contributed by atoms with Crippen LogP contribution in [0.15, 0.2) is 0 Å². The van der Waals surface area contributed by atoms with Crippen molar-refractivity contribution in [1.82, 2.24) is 0 Å². The first-order chi connectivity index (χ1) is 2.00. The molecule has 0 aliphatic rings. The molecule has 0 aromatic rings. The van der Waals surface area contributed by atoms with Crippen molar-refractivity contribution in [2.75, 3.05) is 0 Å². The van der Waals surface area contributed by atoms with E-state index < -0.39 is 7.82 Å². The maximum absolute atomic E-state index is 8.55. The molecule has 0 N–H and O–H groups in total. The molecule has 0 unspecified atom stereocenters. The second-order valence-corrected chi connectivity index (χ2v) is 1.34. The van der Waals surface area contributed by atoms with Crippen LogP contribution in [0.5, 0.6) is 0 Å². The molecule has 0 bridgehead atoms. The van der Waals surface area contributed by atoms with Crippen molar-refractivity contribution in [2.45, 2.75) is 0 Å². The topological polar surface area (TPSA) is 86.2 Å². The van der Waals surface area contributed by atoms with Gasteiger partial charge in [0.15, 0.2) is 0 Å². The molecule has 0 spiro atoms. The van der Waals surface area contributed by atoms with Crippen molar-refractivity contribution in [1.29, 1.82) is 0 Å². The van der Waals surface area contributed by atoms with Crippen LogP contribution in [0.25, 0.3) is 0 Å². The Morgan fingerprint density at radius 1 is 1.12 bits per heavy atom. The fourth-order valence-corrected chi connectivity index (χ4v) is 0. The predicted octanol–water partition coefficient (Wildman–Crippen LogP) is -6.20. The Labute approximate surface area is 92.5 Å². The van der Waals surface area contributed by atoms with Gasteiger partial charge in [-0.3, -0.25) is 0 Å². The Kier molecular flexibility index (Phi) is 26.1. The number of phosphoric acid groups is 1. The molecule has 0 fully saturated rings. The van der Waals surface area contributed by atoms with E-state index in [0.717, 1.165) is 0 Å². The summed E-state index contributed by atoms with van der Waals surface area (Å²) in [5, 5.41) is 0. The largest absolute Gasteiger partial charge is 4.00 e. The van der Waals surface area contributed by atoms with Crippen molar-refractivity contribution in [2.24, 2.45) is 0 Å². The van der Waals surface area contributed by atoms with E-state index >= 15 is 0 Å². The fourth-order valence-electron chi connectivity index (χ4n) is 0. The van der Waals surface area contributed by atoms with Crippen molar-refractivity contribution in [3.05, 3.63) is 0 Å². The van der Waals surface area contributed by atoms with Gasteiger partial charge in [-0.25, -0.2) is 0 Å². The molecule has 0 saturated carbocycles. The molecule has 0 radical (unpaired) electrons. The smallest absolute Gasteiger partial charge is 0.822 e. The maximum Gasteiger partial charge on any atom is 4.00 e. The predicted molar refractivity (Wildman–Crippen MR) is 13.4 cm³/mol. The molecular formula is InLiO4PTi+5. The summed E-state index contributed by atoms with van der Waals surface area (Å²) in [7, 11) is -5.39. The van der Waals surface area contributed by atoms with Gasteiger partial charge in [0.25, 0.3) is 0 Å². The van der Waals surface area contributed by atoms with Crippen molar-refractivity contribution in [3.8, 4) is 0 Å². The van der Waals surface area contributed by atoms with Crippen LogP contribution in [-0.4, -0.2) is 25.8 Å². The quantitative estimate of drug-likeness (QED) is 0.322. The molecule has 0 aliphatic carbocycles. The average molecular weight is 265 g/mol. The molecule has 0 aliphatic heterocycles. The van der Waals surface area contributed by atoms with E-state index in [9.17, 15) is 0 Å². The number of rotatable bonds is 0. The van der Waals surface area contributed by atoms with Gasteiger partial charge in [-0.05, 0) is 0 Å². The zero-order chi connectivity index (χ0) is 4.50. The molecule has 0 amide bonds. The van der Waals surface area contributed by atoms with Gasteiger partial charge < -0.3 is 19.2 Å². The van der Waals surface area contributed by atoms with Crippen molar-refractivity contribution < 1.29 is 59.8 Å². The van der Waals surface area contributed by atoms with Crippen molar-refractivity contribution >= 4 is 33.7 Å². The molecule has 0 heterocycles. The average Bonchev–Trinajstić information content (AvgIpc) is 0.722. The van der Waals surface area contributed by atoms with Gasteiger partial charge in [0.2, 0.25) is 0 Å². The Hall–Kier alpha value is 2.29. The standard InChI is InChI=1S/In.Li.H3O4P.Ti/c;;1-5(2,3)4;/h;;(H3,1,2,3,4);/q+3;+1;;+4/p-3. The van der Waals surface area contributed by atoms with E-state index in [1.807, 2.05) is 0 Å². The van der Waals surface area contributed by atoms with Crippen LogP contribution in [0, 0.1) is 0 Å². The van der Waals surface area contributed by atoms with Crippen molar-refractivity contribution in [3.63, 3.8) is 0 Å². The molecular weight excluding hydrogens is 265 g/mol. The van der Waals surface area contributed by atoms with Crippen LogP contribution in [0.1, 0.15) is 0 Å². The van der Waals surface area contributed by atoms with Crippen LogP contribution in [0.4, 0.5) is 0 Å². The first-order valence-corrected chi connectivity index (χ1v) is 2.19. The summed E-state index contributed by atoms with van der Waals surface area (Å²) in [6.07, 6.45) is 0. The molecule has 32 valence electrons. The minimum atomic E-state index is -5.39. The normalized spacial score (nSPS) is 7.38. The Morgan fingerprint density at radius 2 is 1.12 bits per heavy atom. The van der Waals surface area contributed by atoms with Gasteiger partial charge >= 0.3 is 66.4 Å². The van der Waals surface area contributed by atoms with Gasteiger partial charge in [-0.2, -0.15) is 7.82 Å². The van der Waals surface area contributed by atoms with Crippen LogP contribution >= 0.6 is 7.82 Å². The minimum absolute atomic E-state index is 0. The zero-order valence-corrected chi connectivity index (χ0v) is 9.91. The first kappa shape index (κ1) is 22.4. The van der Waals surface area contributed by atoms with Crippen LogP contribution < -0.4 is 33.5 Å². The first-order valence-electron chi connectivity index (χ1n) is 0.730. The Balaban J connectivity index is -0.0000000267. The SMILES string of the molecule is O=P([O-])([O-])[O-].[In+3].[Li+].[Ti+4]. The molecule has 0 atom stereocenters. The molecule has 0 rings (SSSR count). The summed E-state index contributed by atoms with van der Waals surface area (Å²) in [6.45, 7) is 0. The van der Waals surface area contributed by atoms with E-state index in [-0.39, 0.29) is 66.4 Å². The Morgan fingerprint density at radius 3 is 1.12 bits per heavy atom. The minimum Gasteiger partial charge on any atom is -0.822 e. The maximum atomic E-state index is 8.55. The third kappa shape index (κ3) is 83.9. The molecule has 0 aromatic heterocycles. The summed E-state index contributed by atoms with van der Waals surface area (Å²) in [5.74, 6) is 0. The third-order valence-corrected chi connectivity index (χ3v) is 0. The number of hydrogen-bond donors (Lipinski definition) is 0. The van der Waals surface area contributed by atoms with Crippen LogP contribution in [0.2, 0.25) is 0 Å². The second-order valence-electron chi connectivity index (χ2n) is 0.447. The van der Waals surface area contributed by atoms with E-state index in [2.05, 4.69) is 0 Å². The zero-order valence-electron chi connectivity index (χ0n) is 4.16. The van der Waals surface area contributed by atoms with Gasteiger partial charge in [0.1, 0.15) is 0 Å². The molecule has 4 nitrogen and oxygen atoms in total. The van der Waals surface area contributed by atoms with Gasteiger partial charge in [0.05, 0.1) is 0 Å². The summed E-state index contributed by atoms with van der Waals surface area (Å²) in [6, 6.07) is 0. The molecule has 8 heavy (non-hydrogen) atoms. The summed E-state index contributed by atoms with van der Waals surface area (Å²) < 4.78 is 8.55. The van der Waals surface area contributed by atoms with Gasteiger partial charge in [0, 0.05) is 0 Å².